The standard InChI is InChI=1S/C19H20ClNO3/c1-14(13-24-18-10-8-17(23-2)9-11-18)21-19(22)12-5-15-3-6-16(20)7-4-15/h3-12,14H,13H2,1-2H3,(H,21,22)/b12-5+/t14-/m0/s1. The van der Waals surface area contributed by atoms with Crippen LogP contribution in [0.15, 0.2) is 54.6 Å². The molecule has 0 aliphatic carbocycles. The van der Waals surface area contributed by atoms with Crippen molar-refractivity contribution in [2.24, 2.45) is 0 Å². The van der Waals surface area contributed by atoms with Crippen LogP contribution >= 0.6 is 11.6 Å². The molecule has 24 heavy (non-hydrogen) atoms. The maximum Gasteiger partial charge on any atom is 0.244 e. The molecule has 2 rings (SSSR count). The number of ether oxygens (including phenoxy) is 2. The van der Waals surface area contributed by atoms with E-state index in [4.69, 9.17) is 21.1 Å². The lowest BCUT2D eigenvalue weighted by Gasteiger charge is -2.14. The van der Waals surface area contributed by atoms with Gasteiger partial charge in [0.1, 0.15) is 18.1 Å². The number of carbonyl (C=O) groups excluding carboxylic acids is 1. The molecule has 1 N–H and O–H groups in total. The highest BCUT2D eigenvalue weighted by atomic mass is 35.5. The first-order valence-electron chi connectivity index (χ1n) is 7.58. The third-order valence-corrected chi connectivity index (χ3v) is 3.50. The monoisotopic (exact) mass is 345 g/mol. The highest BCUT2D eigenvalue weighted by Gasteiger charge is 2.06. The van der Waals surface area contributed by atoms with Crippen LogP contribution in [-0.4, -0.2) is 25.7 Å². The number of hydrogen-bond acceptors (Lipinski definition) is 3. The minimum Gasteiger partial charge on any atom is -0.497 e. The van der Waals surface area contributed by atoms with E-state index >= 15 is 0 Å². The van der Waals surface area contributed by atoms with Gasteiger partial charge in [0.15, 0.2) is 0 Å². The highest BCUT2D eigenvalue weighted by Crippen LogP contribution is 2.17. The van der Waals surface area contributed by atoms with Gasteiger partial charge in [-0.15, -0.1) is 0 Å². The minimum atomic E-state index is -0.171. The molecule has 5 heteroatoms. The second kappa shape index (κ2) is 8.99. The van der Waals surface area contributed by atoms with Gasteiger partial charge in [0, 0.05) is 11.1 Å². The summed E-state index contributed by atoms with van der Waals surface area (Å²) >= 11 is 5.82. The van der Waals surface area contributed by atoms with Crippen molar-refractivity contribution in [3.05, 3.63) is 65.2 Å². The third-order valence-electron chi connectivity index (χ3n) is 3.25. The lowest BCUT2D eigenvalue weighted by molar-refractivity contribution is -0.117. The molecule has 0 spiro atoms. The lowest BCUT2D eigenvalue weighted by atomic mass is 10.2. The molecule has 2 aromatic carbocycles. The van der Waals surface area contributed by atoms with Gasteiger partial charge in [0.05, 0.1) is 13.2 Å². The maximum absolute atomic E-state index is 11.9. The van der Waals surface area contributed by atoms with Crippen LogP contribution in [0.1, 0.15) is 12.5 Å². The van der Waals surface area contributed by atoms with E-state index in [1.165, 1.54) is 6.08 Å². The van der Waals surface area contributed by atoms with E-state index in [2.05, 4.69) is 5.32 Å². The molecule has 0 aromatic heterocycles. The fraction of sp³-hybridized carbons (Fsp3) is 0.211. The molecule has 0 radical (unpaired) electrons. The number of halogens is 1. The fourth-order valence-corrected chi connectivity index (χ4v) is 2.10. The van der Waals surface area contributed by atoms with Crippen molar-refractivity contribution < 1.29 is 14.3 Å². The Morgan fingerprint density at radius 3 is 2.38 bits per heavy atom. The Labute approximate surface area is 147 Å². The van der Waals surface area contributed by atoms with Gasteiger partial charge in [-0.2, -0.15) is 0 Å². The number of rotatable bonds is 7. The van der Waals surface area contributed by atoms with Crippen LogP contribution in [0.4, 0.5) is 0 Å². The molecule has 0 bridgehead atoms. The lowest BCUT2D eigenvalue weighted by Crippen LogP contribution is -2.35. The van der Waals surface area contributed by atoms with E-state index < -0.39 is 0 Å². The molecule has 0 saturated carbocycles. The fourth-order valence-electron chi connectivity index (χ4n) is 1.97. The summed E-state index contributed by atoms with van der Waals surface area (Å²) in [5, 5.41) is 3.52. The van der Waals surface area contributed by atoms with Gasteiger partial charge in [-0.3, -0.25) is 4.79 Å². The Hall–Kier alpha value is -2.46. The number of carbonyl (C=O) groups is 1. The molecular weight excluding hydrogens is 326 g/mol. The summed E-state index contributed by atoms with van der Waals surface area (Å²) in [6, 6.07) is 14.5. The molecule has 0 unspecified atom stereocenters. The van der Waals surface area contributed by atoms with Gasteiger partial charge in [0.2, 0.25) is 5.91 Å². The molecule has 126 valence electrons. The second-order valence-electron chi connectivity index (χ2n) is 5.28. The first-order chi connectivity index (χ1) is 11.6. The Kier molecular flexibility index (Phi) is 6.70. The number of nitrogens with one attached hydrogen (secondary N) is 1. The average molecular weight is 346 g/mol. The minimum absolute atomic E-state index is 0.116. The summed E-state index contributed by atoms with van der Waals surface area (Å²) < 4.78 is 10.7. The average Bonchev–Trinajstić information content (AvgIpc) is 2.60. The number of benzene rings is 2. The summed E-state index contributed by atoms with van der Waals surface area (Å²) in [4.78, 5) is 11.9. The van der Waals surface area contributed by atoms with E-state index in [1.807, 2.05) is 43.3 Å². The van der Waals surface area contributed by atoms with E-state index in [0.717, 1.165) is 17.1 Å². The molecule has 0 aliphatic heterocycles. The van der Waals surface area contributed by atoms with E-state index in [1.54, 1.807) is 25.3 Å². The highest BCUT2D eigenvalue weighted by molar-refractivity contribution is 6.30. The van der Waals surface area contributed by atoms with Gasteiger partial charge in [-0.05, 0) is 55.0 Å². The first-order valence-corrected chi connectivity index (χ1v) is 7.95. The van der Waals surface area contributed by atoms with Gasteiger partial charge in [0.25, 0.3) is 0 Å². The molecule has 0 saturated heterocycles. The Balaban J connectivity index is 1.77. The van der Waals surface area contributed by atoms with Gasteiger partial charge in [-0.25, -0.2) is 0 Å². The van der Waals surface area contributed by atoms with E-state index in [0.29, 0.717) is 11.6 Å². The first kappa shape index (κ1) is 17.9. The number of hydrogen-bond donors (Lipinski definition) is 1. The van der Waals surface area contributed by atoms with Crippen molar-refractivity contribution in [3.63, 3.8) is 0 Å². The maximum atomic E-state index is 11.9. The van der Waals surface area contributed by atoms with E-state index in [9.17, 15) is 4.79 Å². The smallest absolute Gasteiger partial charge is 0.244 e. The summed E-state index contributed by atoms with van der Waals surface area (Å²) in [6.45, 7) is 2.27. The Morgan fingerprint density at radius 2 is 1.75 bits per heavy atom. The van der Waals surface area contributed by atoms with Crippen molar-refractivity contribution >= 4 is 23.6 Å². The van der Waals surface area contributed by atoms with Crippen molar-refractivity contribution in [3.8, 4) is 11.5 Å². The van der Waals surface area contributed by atoms with E-state index in [-0.39, 0.29) is 11.9 Å². The summed E-state index contributed by atoms with van der Waals surface area (Å²) in [7, 11) is 1.62. The van der Waals surface area contributed by atoms with Crippen LogP contribution in [0.5, 0.6) is 11.5 Å². The zero-order valence-electron chi connectivity index (χ0n) is 13.7. The number of amides is 1. The van der Waals surface area contributed by atoms with Crippen LogP contribution in [0.25, 0.3) is 6.08 Å². The second-order valence-corrected chi connectivity index (χ2v) is 5.72. The SMILES string of the molecule is COc1ccc(OC[C@H](C)NC(=O)/C=C/c2ccc(Cl)cc2)cc1. The molecule has 0 heterocycles. The molecular formula is C19H20ClNO3. The van der Waals surface area contributed by atoms with Crippen LogP contribution in [0, 0.1) is 0 Å². The topological polar surface area (TPSA) is 47.6 Å². The van der Waals surface area contributed by atoms with Crippen molar-refractivity contribution in [2.45, 2.75) is 13.0 Å². The molecule has 1 atom stereocenters. The van der Waals surface area contributed by atoms with Crippen LogP contribution in [-0.2, 0) is 4.79 Å². The molecule has 2 aromatic rings. The quantitative estimate of drug-likeness (QED) is 0.773. The molecule has 0 fully saturated rings. The summed E-state index contributed by atoms with van der Waals surface area (Å²) in [5.41, 5.74) is 0.914. The normalized spacial score (nSPS) is 12.0. The van der Waals surface area contributed by atoms with Crippen LogP contribution in [0.3, 0.4) is 0 Å². The zero-order chi connectivity index (χ0) is 17.4. The van der Waals surface area contributed by atoms with Crippen LogP contribution in [0.2, 0.25) is 5.02 Å². The molecule has 0 aliphatic rings. The predicted molar refractivity (Wildman–Crippen MR) is 96.6 cm³/mol. The predicted octanol–water partition coefficient (Wildman–Crippen LogP) is 3.95. The van der Waals surface area contributed by atoms with Crippen molar-refractivity contribution in [1.82, 2.24) is 5.32 Å². The van der Waals surface area contributed by atoms with Gasteiger partial charge >= 0.3 is 0 Å². The third kappa shape index (κ3) is 5.97. The zero-order valence-corrected chi connectivity index (χ0v) is 14.4. The summed E-state index contributed by atoms with van der Waals surface area (Å²) in [6.07, 6.45) is 3.23. The molecule has 1 amide bonds. The summed E-state index contributed by atoms with van der Waals surface area (Å²) in [5.74, 6) is 1.33. The van der Waals surface area contributed by atoms with Gasteiger partial charge in [-0.1, -0.05) is 23.7 Å². The Morgan fingerprint density at radius 1 is 1.12 bits per heavy atom. The number of methoxy groups -OCH3 is 1. The van der Waals surface area contributed by atoms with Crippen molar-refractivity contribution in [2.75, 3.05) is 13.7 Å². The van der Waals surface area contributed by atoms with Crippen LogP contribution < -0.4 is 14.8 Å². The Bertz CT molecular complexity index is 681. The van der Waals surface area contributed by atoms with Crippen molar-refractivity contribution in [1.29, 1.82) is 0 Å². The van der Waals surface area contributed by atoms with Gasteiger partial charge < -0.3 is 14.8 Å². The largest absolute Gasteiger partial charge is 0.497 e. The molecule has 4 nitrogen and oxygen atoms in total.